The Balaban J connectivity index is 2.16. The van der Waals surface area contributed by atoms with Gasteiger partial charge in [0.15, 0.2) is 3.95 Å². The van der Waals surface area contributed by atoms with E-state index < -0.39 is 0 Å². The number of hydrogen-bond acceptors (Lipinski definition) is 2. The average molecular weight is 654 g/mol. The zero-order valence-corrected chi connectivity index (χ0v) is 32.9. The minimum atomic E-state index is 0.0253. The molecule has 46 heavy (non-hydrogen) atoms. The molecule has 0 aliphatic carbocycles. The lowest BCUT2D eigenvalue weighted by molar-refractivity contribution is 0.568. The van der Waals surface area contributed by atoms with Crippen molar-refractivity contribution in [3.8, 4) is 27.9 Å². The van der Waals surface area contributed by atoms with E-state index in [4.69, 9.17) is 12.2 Å². The normalized spacial score (nSPS) is 13.0. The number of benzene rings is 3. The van der Waals surface area contributed by atoms with Crippen LogP contribution in [0.1, 0.15) is 142 Å². The average Bonchev–Trinajstić information content (AvgIpc) is 3.22. The van der Waals surface area contributed by atoms with Crippen molar-refractivity contribution >= 4 is 23.6 Å². The fourth-order valence-electron chi connectivity index (χ4n) is 6.06. The first kappa shape index (κ1) is 36.3. The van der Waals surface area contributed by atoms with Gasteiger partial charge in [-0.25, -0.2) is 0 Å². The lowest BCUT2D eigenvalue weighted by Crippen LogP contribution is -2.17. The summed E-state index contributed by atoms with van der Waals surface area (Å²) in [5.41, 5.74) is 13.0. The Morgan fingerprint density at radius 2 is 1.00 bits per heavy atom. The van der Waals surface area contributed by atoms with E-state index >= 15 is 0 Å². The Morgan fingerprint density at radius 3 is 1.35 bits per heavy atom. The molecule has 4 aromatic rings. The third-order valence-corrected chi connectivity index (χ3v) is 10.9. The highest BCUT2D eigenvalue weighted by Gasteiger charge is 2.26. The van der Waals surface area contributed by atoms with Crippen molar-refractivity contribution < 1.29 is 0 Å². The Hall–Kier alpha value is -2.49. The van der Waals surface area contributed by atoms with Crippen LogP contribution in [-0.2, 0) is 28.1 Å². The van der Waals surface area contributed by atoms with E-state index in [1.807, 2.05) is 0 Å². The van der Waals surface area contributed by atoms with Crippen LogP contribution in [0.5, 0.6) is 0 Å². The molecule has 0 radical (unpaired) electrons. The predicted octanol–water partition coefficient (Wildman–Crippen LogP) is 13.8. The summed E-state index contributed by atoms with van der Waals surface area (Å²) in [7, 11) is 0. The van der Waals surface area contributed by atoms with Crippen LogP contribution >= 0.6 is 23.6 Å². The van der Waals surface area contributed by atoms with E-state index in [1.54, 1.807) is 11.3 Å². The van der Waals surface area contributed by atoms with Gasteiger partial charge in [-0.2, -0.15) is 0 Å². The highest BCUT2D eigenvalue weighted by atomic mass is 32.1. The van der Waals surface area contributed by atoms with Gasteiger partial charge in [-0.3, -0.25) is 4.57 Å². The number of aromatic nitrogens is 1. The maximum Gasteiger partial charge on any atom is 0.166 e. The van der Waals surface area contributed by atoms with E-state index in [-0.39, 0.29) is 21.7 Å². The summed E-state index contributed by atoms with van der Waals surface area (Å²) in [6, 6.07) is 21.4. The Morgan fingerprint density at radius 1 is 0.609 bits per heavy atom. The quantitative estimate of drug-likeness (QED) is 0.142. The molecule has 0 N–H and O–H groups in total. The van der Waals surface area contributed by atoms with Crippen LogP contribution in [0.15, 0.2) is 54.6 Å². The second kappa shape index (κ2) is 13.2. The molecule has 4 rings (SSSR count). The Kier molecular flexibility index (Phi) is 10.4. The summed E-state index contributed by atoms with van der Waals surface area (Å²) in [5, 5.41) is 0. The largest absolute Gasteiger partial charge is 0.295 e. The SMILES string of the molecule is CCCCCc1sc(=S)n(-c2c(-c3cc(C(C)(C)C)cc(C(C)(C)C)c3)cccc2-c2cc(C(C)(C)C)cc(C(C)(C)C)c2)c1C. The van der Waals surface area contributed by atoms with Crippen molar-refractivity contribution in [2.45, 2.75) is 144 Å². The molecule has 0 atom stereocenters. The summed E-state index contributed by atoms with van der Waals surface area (Å²) < 4.78 is 3.34. The van der Waals surface area contributed by atoms with Gasteiger partial charge in [-0.1, -0.05) is 157 Å². The van der Waals surface area contributed by atoms with Crippen LogP contribution in [-0.4, -0.2) is 4.57 Å². The van der Waals surface area contributed by atoms with Crippen molar-refractivity contribution in [1.29, 1.82) is 0 Å². The van der Waals surface area contributed by atoms with Gasteiger partial charge in [0.2, 0.25) is 0 Å². The topological polar surface area (TPSA) is 4.93 Å². The van der Waals surface area contributed by atoms with E-state index in [2.05, 4.69) is 156 Å². The summed E-state index contributed by atoms with van der Waals surface area (Å²) >= 11 is 8.06. The van der Waals surface area contributed by atoms with Gasteiger partial charge in [0.25, 0.3) is 0 Å². The molecule has 3 aromatic carbocycles. The van der Waals surface area contributed by atoms with E-state index in [1.165, 1.54) is 80.0 Å². The lowest BCUT2D eigenvalue weighted by Gasteiger charge is -2.28. The number of unbranched alkanes of at least 4 members (excludes halogenated alkanes) is 2. The summed E-state index contributed by atoms with van der Waals surface area (Å²) in [4.78, 5) is 1.41. The highest BCUT2D eigenvalue weighted by Crippen LogP contribution is 2.43. The molecule has 1 heterocycles. The summed E-state index contributed by atoms with van der Waals surface area (Å²) in [6.45, 7) is 32.4. The van der Waals surface area contributed by atoms with Gasteiger partial charge in [0, 0.05) is 21.7 Å². The van der Waals surface area contributed by atoms with Crippen LogP contribution in [0.4, 0.5) is 0 Å². The monoisotopic (exact) mass is 653 g/mol. The second-order valence-electron chi connectivity index (χ2n) is 17.5. The van der Waals surface area contributed by atoms with Crippen LogP contribution in [0.25, 0.3) is 27.9 Å². The number of nitrogens with zero attached hydrogens (tertiary/aromatic N) is 1. The number of rotatable bonds is 7. The molecule has 0 aliphatic heterocycles. The van der Waals surface area contributed by atoms with Crippen LogP contribution in [0, 0.1) is 10.9 Å². The fraction of sp³-hybridized carbons (Fsp3) is 0.512. The molecular formula is C43H59NS2. The standard InChI is InChI=1S/C43H59NS2/c1-15-16-17-21-37-28(2)44(39(45)46-37)38-35(29-22-31(40(3,4)5)26-32(23-29)41(6,7)8)19-18-20-36(38)30-24-33(42(9,10)11)27-34(25-30)43(12,13)14/h18-20,22-27H,15-17,21H2,1-14H3. The van der Waals surface area contributed by atoms with E-state index in [0.717, 1.165) is 10.4 Å². The maximum atomic E-state index is 6.26. The molecule has 0 saturated carbocycles. The number of hydrogen-bond donors (Lipinski definition) is 0. The van der Waals surface area contributed by atoms with E-state index in [9.17, 15) is 0 Å². The number of aryl methyl sites for hydroxylation is 1. The molecule has 1 nitrogen and oxygen atoms in total. The molecule has 0 fully saturated rings. The number of thiazole rings is 1. The zero-order chi connectivity index (χ0) is 34.4. The molecule has 1 aromatic heterocycles. The maximum absolute atomic E-state index is 6.26. The minimum absolute atomic E-state index is 0.0253. The predicted molar refractivity (Wildman–Crippen MR) is 208 cm³/mol. The first-order chi connectivity index (χ1) is 21.1. The molecule has 0 unspecified atom stereocenters. The Labute approximate surface area is 290 Å². The van der Waals surface area contributed by atoms with Gasteiger partial charge in [-0.15, -0.1) is 11.3 Å². The van der Waals surface area contributed by atoms with Gasteiger partial charge in [0.05, 0.1) is 5.69 Å². The van der Waals surface area contributed by atoms with E-state index in [0.29, 0.717) is 0 Å². The minimum Gasteiger partial charge on any atom is -0.295 e. The fourth-order valence-corrected chi connectivity index (χ4v) is 7.61. The van der Waals surface area contributed by atoms with Crippen LogP contribution in [0.3, 0.4) is 0 Å². The van der Waals surface area contributed by atoms with Gasteiger partial charge >= 0.3 is 0 Å². The van der Waals surface area contributed by atoms with Gasteiger partial charge < -0.3 is 0 Å². The van der Waals surface area contributed by atoms with Crippen molar-refractivity contribution in [1.82, 2.24) is 4.57 Å². The molecule has 0 aliphatic rings. The van der Waals surface area contributed by atoms with Crippen molar-refractivity contribution in [3.05, 3.63) is 91.4 Å². The second-order valence-corrected chi connectivity index (χ2v) is 19.2. The molecule has 0 bridgehead atoms. The summed E-state index contributed by atoms with van der Waals surface area (Å²) in [6.07, 6.45) is 4.75. The van der Waals surface area contributed by atoms with Gasteiger partial charge in [0.1, 0.15) is 0 Å². The van der Waals surface area contributed by atoms with Crippen LogP contribution in [0.2, 0.25) is 0 Å². The first-order valence-corrected chi connectivity index (χ1v) is 18.5. The molecule has 248 valence electrons. The van der Waals surface area contributed by atoms with Crippen molar-refractivity contribution in [2.75, 3.05) is 0 Å². The third-order valence-electron chi connectivity index (χ3n) is 9.35. The molecule has 0 saturated heterocycles. The smallest absolute Gasteiger partial charge is 0.166 e. The van der Waals surface area contributed by atoms with Crippen molar-refractivity contribution in [3.63, 3.8) is 0 Å². The number of para-hydroxylation sites is 1. The highest BCUT2D eigenvalue weighted by molar-refractivity contribution is 7.73. The zero-order valence-electron chi connectivity index (χ0n) is 31.3. The third kappa shape index (κ3) is 7.96. The summed E-state index contributed by atoms with van der Waals surface area (Å²) in [5.74, 6) is 0. The molecule has 0 spiro atoms. The first-order valence-electron chi connectivity index (χ1n) is 17.3. The molecular weight excluding hydrogens is 595 g/mol. The van der Waals surface area contributed by atoms with Gasteiger partial charge in [-0.05, 0) is 87.0 Å². The molecule has 3 heteroatoms. The van der Waals surface area contributed by atoms with Crippen molar-refractivity contribution in [2.24, 2.45) is 0 Å². The molecule has 0 amide bonds. The van der Waals surface area contributed by atoms with Crippen LogP contribution < -0.4 is 0 Å². The lowest BCUT2D eigenvalue weighted by atomic mass is 9.77. The Bertz CT molecular complexity index is 1590.